The van der Waals surface area contributed by atoms with Crippen LogP contribution in [0.3, 0.4) is 0 Å². The van der Waals surface area contributed by atoms with E-state index in [2.05, 4.69) is 20.9 Å². The molecule has 1 aromatic carbocycles. The number of carbonyl (C=O) groups is 1. The molecule has 0 aliphatic carbocycles. The number of rotatable bonds is 4. The molecule has 0 saturated carbocycles. The molecule has 0 aliphatic rings. The summed E-state index contributed by atoms with van der Waals surface area (Å²) in [6.07, 6.45) is 1.57. The van der Waals surface area contributed by atoms with Gasteiger partial charge in [-0.1, -0.05) is 0 Å². The Hall–Kier alpha value is -2.08. The summed E-state index contributed by atoms with van der Waals surface area (Å²) in [5.74, 6) is -0.112. The van der Waals surface area contributed by atoms with Crippen molar-refractivity contribution in [2.75, 3.05) is 7.11 Å². The number of nitrogens with zero attached hydrogens (tertiary/aromatic N) is 1. The number of carboxylic acid groups (broad SMARTS) is 1. The third-order valence-electron chi connectivity index (χ3n) is 2.33. The minimum absolute atomic E-state index is 0.0177. The van der Waals surface area contributed by atoms with Crippen molar-refractivity contribution in [2.24, 2.45) is 0 Å². The molecule has 2 rings (SSSR count). The largest absolute Gasteiger partial charge is 0.497 e. The minimum Gasteiger partial charge on any atom is -0.497 e. The molecule has 0 bridgehead atoms. The summed E-state index contributed by atoms with van der Waals surface area (Å²) in [5.41, 5.74) is 0.0177. The molecule has 0 atom stereocenters. The molecule has 0 amide bonds. The van der Waals surface area contributed by atoms with E-state index in [1.807, 2.05) is 0 Å². The molecule has 5 nitrogen and oxygen atoms in total. The van der Waals surface area contributed by atoms with Crippen LogP contribution in [0.2, 0.25) is 0 Å². The smallest absolute Gasteiger partial charge is 0.339 e. The summed E-state index contributed by atoms with van der Waals surface area (Å²) in [6.45, 7) is 0. The third kappa shape index (κ3) is 3.23. The molecule has 1 aromatic heterocycles. The van der Waals surface area contributed by atoms with Gasteiger partial charge in [-0.05, 0) is 40.2 Å². The van der Waals surface area contributed by atoms with E-state index in [-0.39, 0.29) is 11.3 Å². The Morgan fingerprint density at radius 2 is 2.11 bits per heavy atom. The second-order valence-corrected chi connectivity index (χ2v) is 4.50. The molecule has 19 heavy (non-hydrogen) atoms. The number of benzene rings is 1. The van der Waals surface area contributed by atoms with Crippen LogP contribution < -0.4 is 9.47 Å². The number of hydrogen-bond acceptors (Lipinski definition) is 4. The number of methoxy groups -OCH3 is 1. The molecule has 1 N–H and O–H groups in total. The first-order valence-electron chi connectivity index (χ1n) is 5.31. The van der Waals surface area contributed by atoms with Gasteiger partial charge in [-0.2, -0.15) is 0 Å². The van der Waals surface area contributed by atoms with Crippen molar-refractivity contribution < 1.29 is 19.4 Å². The molecule has 0 aliphatic heterocycles. The Balaban J connectivity index is 2.33. The maximum absolute atomic E-state index is 11.2. The van der Waals surface area contributed by atoms with Crippen molar-refractivity contribution in [3.63, 3.8) is 0 Å². The van der Waals surface area contributed by atoms with Crippen LogP contribution >= 0.6 is 15.9 Å². The van der Waals surface area contributed by atoms with E-state index < -0.39 is 5.97 Å². The fourth-order valence-electron chi connectivity index (χ4n) is 1.43. The normalized spacial score (nSPS) is 10.0. The van der Waals surface area contributed by atoms with E-state index >= 15 is 0 Å². The highest BCUT2D eigenvalue weighted by Gasteiger charge is 2.14. The number of aromatic nitrogens is 1. The van der Waals surface area contributed by atoms with Crippen LogP contribution in [0.1, 0.15) is 10.4 Å². The molecular weight excluding hydrogens is 314 g/mol. The molecule has 0 radical (unpaired) electrons. The molecule has 6 heteroatoms. The molecule has 98 valence electrons. The first-order valence-corrected chi connectivity index (χ1v) is 6.10. The zero-order valence-electron chi connectivity index (χ0n) is 9.96. The van der Waals surface area contributed by atoms with Crippen LogP contribution in [-0.2, 0) is 0 Å². The molecule has 0 saturated heterocycles. The van der Waals surface area contributed by atoms with Gasteiger partial charge in [0, 0.05) is 16.7 Å². The number of pyridine rings is 1. The molecule has 2 aromatic rings. The predicted molar refractivity (Wildman–Crippen MR) is 72.0 cm³/mol. The zero-order valence-corrected chi connectivity index (χ0v) is 11.5. The van der Waals surface area contributed by atoms with Gasteiger partial charge in [0.1, 0.15) is 17.1 Å². The number of ether oxygens (including phenoxy) is 2. The lowest BCUT2D eigenvalue weighted by Crippen LogP contribution is -2.01. The third-order valence-corrected chi connectivity index (χ3v) is 2.80. The maximum atomic E-state index is 11.2. The van der Waals surface area contributed by atoms with Gasteiger partial charge in [-0.25, -0.2) is 9.78 Å². The van der Waals surface area contributed by atoms with E-state index in [1.54, 1.807) is 24.4 Å². The quantitative estimate of drug-likeness (QED) is 0.934. The Labute approximate surface area is 117 Å². The van der Waals surface area contributed by atoms with Gasteiger partial charge in [0.2, 0.25) is 5.88 Å². The summed E-state index contributed by atoms with van der Waals surface area (Å²) < 4.78 is 11.3. The van der Waals surface area contributed by atoms with E-state index in [0.717, 1.165) is 4.47 Å². The van der Waals surface area contributed by atoms with Crippen molar-refractivity contribution in [2.45, 2.75) is 0 Å². The number of hydrogen-bond donors (Lipinski definition) is 1. The Bertz CT molecular complexity index is 598. The highest BCUT2D eigenvalue weighted by molar-refractivity contribution is 9.10. The average molecular weight is 324 g/mol. The van der Waals surface area contributed by atoms with Gasteiger partial charge < -0.3 is 14.6 Å². The van der Waals surface area contributed by atoms with Crippen LogP contribution in [0.25, 0.3) is 0 Å². The van der Waals surface area contributed by atoms with Gasteiger partial charge >= 0.3 is 5.97 Å². The van der Waals surface area contributed by atoms with Crippen molar-refractivity contribution in [3.05, 3.63) is 46.6 Å². The summed E-state index contributed by atoms with van der Waals surface area (Å²) >= 11 is 3.26. The van der Waals surface area contributed by atoms with Gasteiger partial charge in [-0.15, -0.1) is 0 Å². The molecule has 0 spiro atoms. The van der Waals surface area contributed by atoms with Gasteiger partial charge in [0.05, 0.1) is 7.11 Å². The second kappa shape index (κ2) is 5.71. The zero-order chi connectivity index (χ0) is 13.8. The van der Waals surface area contributed by atoms with E-state index in [0.29, 0.717) is 11.6 Å². The molecule has 0 unspecified atom stereocenters. The van der Waals surface area contributed by atoms with Gasteiger partial charge in [0.15, 0.2) is 0 Å². The Morgan fingerprint density at radius 1 is 1.32 bits per heavy atom. The van der Waals surface area contributed by atoms with Gasteiger partial charge in [-0.3, -0.25) is 0 Å². The molecule has 1 heterocycles. The lowest BCUT2D eigenvalue weighted by atomic mass is 10.2. The molecule has 0 fully saturated rings. The highest BCUT2D eigenvalue weighted by Crippen LogP contribution is 2.28. The fraction of sp³-hybridized carbons (Fsp3) is 0.0769. The summed E-state index contributed by atoms with van der Waals surface area (Å²) in [7, 11) is 1.47. The highest BCUT2D eigenvalue weighted by atomic mass is 79.9. The predicted octanol–water partition coefficient (Wildman–Crippen LogP) is 3.34. The number of carboxylic acids is 1. The monoisotopic (exact) mass is 323 g/mol. The van der Waals surface area contributed by atoms with Gasteiger partial charge in [0.25, 0.3) is 0 Å². The summed E-state index contributed by atoms with van der Waals surface area (Å²) in [6, 6.07) is 7.95. The SMILES string of the molecule is COc1ccc(Oc2ccc(Br)cn2)c(C(=O)O)c1. The lowest BCUT2D eigenvalue weighted by Gasteiger charge is -2.09. The van der Waals surface area contributed by atoms with E-state index in [1.165, 1.54) is 19.2 Å². The van der Waals surface area contributed by atoms with Crippen molar-refractivity contribution in [3.8, 4) is 17.4 Å². The first kappa shape index (κ1) is 13.4. The average Bonchev–Trinajstić information content (AvgIpc) is 2.41. The first-order chi connectivity index (χ1) is 9.10. The lowest BCUT2D eigenvalue weighted by molar-refractivity contribution is 0.0693. The fourth-order valence-corrected chi connectivity index (χ4v) is 1.66. The standard InChI is InChI=1S/C13H10BrNO4/c1-18-9-3-4-11(10(6-9)13(16)17)19-12-5-2-8(14)7-15-12/h2-7H,1H3,(H,16,17). The minimum atomic E-state index is -1.09. The van der Waals surface area contributed by atoms with Crippen LogP contribution in [0.4, 0.5) is 0 Å². The van der Waals surface area contributed by atoms with E-state index in [4.69, 9.17) is 14.6 Å². The summed E-state index contributed by atoms with van der Waals surface area (Å²) in [5, 5.41) is 9.14. The summed E-state index contributed by atoms with van der Waals surface area (Å²) in [4.78, 5) is 15.2. The van der Waals surface area contributed by atoms with Crippen LogP contribution in [0.5, 0.6) is 17.4 Å². The van der Waals surface area contributed by atoms with Crippen molar-refractivity contribution in [1.29, 1.82) is 0 Å². The number of aromatic carboxylic acids is 1. The van der Waals surface area contributed by atoms with E-state index in [9.17, 15) is 4.79 Å². The van der Waals surface area contributed by atoms with Crippen molar-refractivity contribution in [1.82, 2.24) is 4.98 Å². The Kier molecular flexibility index (Phi) is 4.01. The Morgan fingerprint density at radius 3 is 2.68 bits per heavy atom. The molecular formula is C13H10BrNO4. The maximum Gasteiger partial charge on any atom is 0.339 e. The van der Waals surface area contributed by atoms with Crippen LogP contribution in [-0.4, -0.2) is 23.2 Å². The second-order valence-electron chi connectivity index (χ2n) is 3.58. The number of halogens is 1. The van der Waals surface area contributed by atoms with Crippen LogP contribution in [0, 0.1) is 0 Å². The topological polar surface area (TPSA) is 68.7 Å². The van der Waals surface area contributed by atoms with Crippen LogP contribution in [0.15, 0.2) is 41.0 Å². The van der Waals surface area contributed by atoms with Crippen molar-refractivity contribution >= 4 is 21.9 Å².